The van der Waals surface area contributed by atoms with Gasteiger partial charge in [0.1, 0.15) is 5.75 Å². The van der Waals surface area contributed by atoms with E-state index >= 15 is 0 Å². The molecule has 1 aromatic rings. The van der Waals surface area contributed by atoms with Crippen LogP contribution in [0.25, 0.3) is 0 Å². The Morgan fingerprint density at radius 3 is 3.00 bits per heavy atom. The van der Waals surface area contributed by atoms with Crippen molar-refractivity contribution in [2.24, 2.45) is 5.73 Å². The standard InChI is InChI=1S/C15H22N2O/c1-2-18-14-9-13(10-17-11-14)15(16)8-12-6-4-3-5-7-12/h6,9-11,15H,2-5,7-8,16H2,1H3. The number of hydrogen-bond acceptors (Lipinski definition) is 3. The number of rotatable bonds is 5. The van der Waals surface area contributed by atoms with E-state index in [1.807, 2.05) is 19.2 Å². The Morgan fingerprint density at radius 1 is 1.39 bits per heavy atom. The van der Waals surface area contributed by atoms with Crippen LogP contribution in [0.15, 0.2) is 30.1 Å². The monoisotopic (exact) mass is 246 g/mol. The van der Waals surface area contributed by atoms with E-state index in [1.165, 1.54) is 31.3 Å². The molecule has 2 rings (SSSR count). The minimum atomic E-state index is 0.0299. The molecular formula is C15H22N2O. The maximum atomic E-state index is 6.25. The van der Waals surface area contributed by atoms with Crippen LogP contribution in [0, 0.1) is 0 Å². The van der Waals surface area contributed by atoms with Gasteiger partial charge < -0.3 is 10.5 Å². The van der Waals surface area contributed by atoms with Crippen LogP contribution >= 0.6 is 0 Å². The van der Waals surface area contributed by atoms with E-state index in [2.05, 4.69) is 11.1 Å². The average Bonchev–Trinajstić information content (AvgIpc) is 2.40. The zero-order chi connectivity index (χ0) is 12.8. The van der Waals surface area contributed by atoms with Crippen LogP contribution in [0.4, 0.5) is 0 Å². The Balaban J connectivity index is 2.01. The molecule has 0 spiro atoms. The van der Waals surface area contributed by atoms with Crippen LogP contribution in [0.1, 0.15) is 50.6 Å². The van der Waals surface area contributed by atoms with E-state index < -0.39 is 0 Å². The van der Waals surface area contributed by atoms with Crippen LogP contribution in [-0.4, -0.2) is 11.6 Å². The molecule has 0 saturated carbocycles. The van der Waals surface area contributed by atoms with Gasteiger partial charge in [-0.25, -0.2) is 0 Å². The molecule has 3 nitrogen and oxygen atoms in total. The molecule has 0 bridgehead atoms. The van der Waals surface area contributed by atoms with Gasteiger partial charge >= 0.3 is 0 Å². The minimum Gasteiger partial charge on any atom is -0.492 e. The molecule has 0 aliphatic heterocycles. The number of ether oxygens (including phenoxy) is 1. The predicted molar refractivity (Wildman–Crippen MR) is 73.5 cm³/mol. The van der Waals surface area contributed by atoms with Crippen molar-refractivity contribution in [1.29, 1.82) is 0 Å². The van der Waals surface area contributed by atoms with Crippen molar-refractivity contribution in [2.45, 2.75) is 45.1 Å². The molecule has 18 heavy (non-hydrogen) atoms. The summed E-state index contributed by atoms with van der Waals surface area (Å²) in [4.78, 5) is 4.19. The van der Waals surface area contributed by atoms with Gasteiger partial charge in [0.05, 0.1) is 12.8 Å². The summed E-state index contributed by atoms with van der Waals surface area (Å²) in [7, 11) is 0. The Kier molecular flexibility index (Phi) is 4.76. The van der Waals surface area contributed by atoms with Crippen molar-refractivity contribution in [3.05, 3.63) is 35.7 Å². The summed E-state index contributed by atoms with van der Waals surface area (Å²) < 4.78 is 5.45. The number of hydrogen-bond donors (Lipinski definition) is 1. The van der Waals surface area contributed by atoms with Crippen LogP contribution in [0.5, 0.6) is 5.75 Å². The first-order valence-corrected chi connectivity index (χ1v) is 6.81. The zero-order valence-corrected chi connectivity index (χ0v) is 11.1. The molecule has 0 radical (unpaired) electrons. The number of allylic oxidation sites excluding steroid dienone is 1. The first-order valence-electron chi connectivity index (χ1n) is 6.81. The SMILES string of the molecule is CCOc1cncc(C(N)CC2=CCCCC2)c1. The fourth-order valence-corrected chi connectivity index (χ4v) is 2.37. The van der Waals surface area contributed by atoms with Crippen molar-refractivity contribution >= 4 is 0 Å². The molecule has 1 unspecified atom stereocenters. The summed E-state index contributed by atoms with van der Waals surface area (Å²) in [5.74, 6) is 0.808. The second-order valence-corrected chi connectivity index (χ2v) is 4.81. The van der Waals surface area contributed by atoms with Gasteiger partial charge in [-0.15, -0.1) is 0 Å². The average molecular weight is 246 g/mol. The highest BCUT2D eigenvalue weighted by molar-refractivity contribution is 5.27. The summed E-state index contributed by atoms with van der Waals surface area (Å²) >= 11 is 0. The van der Waals surface area contributed by atoms with Crippen LogP contribution in [-0.2, 0) is 0 Å². The molecule has 0 aromatic carbocycles. The lowest BCUT2D eigenvalue weighted by molar-refractivity contribution is 0.338. The lowest BCUT2D eigenvalue weighted by Crippen LogP contribution is -2.12. The van der Waals surface area contributed by atoms with E-state index in [4.69, 9.17) is 10.5 Å². The van der Waals surface area contributed by atoms with Gasteiger partial charge in [0.2, 0.25) is 0 Å². The minimum absolute atomic E-state index is 0.0299. The molecule has 1 heterocycles. The summed E-state index contributed by atoms with van der Waals surface area (Å²) in [6, 6.07) is 2.03. The van der Waals surface area contributed by atoms with Crippen LogP contribution < -0.4 is 10.5 Å². The van der Waals surface area contributed by atoms with Crippen molar-refractivity contribution in [3.8, 4) is 5.75 Å². The van der Waals surface area contributed by atoms with Crippen LogP contribution in [0.2, 0.25) is 0 Å². The highest BCUT2D eigenvalue weighted by Gasteiger charge is 2.12. The second-order valence-electron chi connectivity index (χ2n) is 4.81. The number of nitrogens with two attached hydrogens (primary N) is 1. The number of aromatic nitrogens is 1. The largest absolute Gasteiger partial charge is 0.492 e. The van der Waals surface area contributed by atoms with E-state index in [-0.39, 0.29) is 6.04 Å². The third kappa shape index (κ3) is 3.57. The van der Waals surface area contributed by atoms with Gasteiger partial charge in [0.15, 0.2) is 0 Å². The Hall–Kier alpha value is -1.35. The first kappa shape index (κ1) is 13.1. The maximum absolute atomic E-state index is 6.25. The highest BCUT2D eigenvalue weighted by Crippen LogP contribution is 2.27. The van der Waals surface area contributed by atoms with E-state index in [0.717, 1.165) is 17.7 Å². The van der Waals surface area contributed by atoms with Gasteiger partial charge in [-0.05, 0) is 50.7 Å². The quantitative estimate of drug-likeness (QED) is 0.810. The third-order valence-electron chi connectivity index (χ3n) is 3.34. The van der Waals surface area contributed by atoms with Gasteiger partial charge in [-0.1, -0.05) is 11.6 Å². The summed E-state index contributed by atoms with van der Waals surface area (Å²) in [5.41, 5.74) is 8.81. The Morgan fingerprint density at radius 2 is 2.28 bits per heavy atom. The summed E-state index contributed by atoms with van der Waals surface area (Å²) in [6.45, 7) is 2.63. The van der Waals surface area contributed by atoms with Crippen molar-refractivity contribution in [2.75, 3.05) is 6.61 Å². The molecule has 0 amide bonds. The predicted octanol–water partition coefficient (Wildman–Crippen LogP) is 3.37. The normalized spacial score (nSPS) is 17.1. The van der Waals surface area contributed by atoms with Gasteiger partial charge in [0.25, 0.3) is 0 Å². The fraction of sp³-hybridized carbons (Fsp3) is 0.533. The maximum Gasteiger partial charge on any atom is 0.137 e. The van der Waals surface area contributed by atoms with E-state index in [9.17, 15) is 0 Å². The van der Waals surface area contributed by atoms with Crippen molar-refractivity contribution in [1.82, 2.24) is 4.98 Å². The molecule has 3 heteroatoms. The molecule has 1 atom stereocenters. The lowest BCUT2D eigenvalue weighted by Gasteiger charge is -2.18. The molecule has 0 fully saturated rings. The van der Waals surface area contributed by atoms with Gasteiger partial charge in [-0.3, -0.25) is 4.98 Å². The van der Waals surface area contributed by atoms with Gasteiger partial charge in [0, 0.05) is 12.2 Å². The second kappa shape index (κ2) is 6.55. The van der Waals surface area contributed by atoms with Crippen molar-refractivity contribution in [3.63, 3.8) is 0 Å². The number of pyridine rings is 1. The number of nitrogens with zero attached hydrogens (tertiary/aromatic N) is 1. The summed E-state index contributed by atoms with van der Waals surface area (Å²) in [6.07, 6.45) is 11.9. The Bertz CT molecular complexity index is 415. The zero-order valence-electron chi connectivity index (χ0n) is 11.1. The highest BCUT2D eigenvalue weighted by atomic mass is 16.5. The summed E-state index contributed by atoms with van der Waals surface area (Å²) in [5, 5.41) is 0. The molecule has 0 saturated heterocycles. The topological polar surface area (TPSA) is 48.1 Å². The fourth-order valence-electron chi connectivity index (χ4n) is 2.37. The molecule has 1 aromatic heterocycles. The van der Waals surface area contributed by atoms with Gasteiger partial charge in [-0.2, -0.15) is 0 Å². The lowest BCUT2D eigenvalue weighted by atomic mass is 9.92. The molecule has 2 N–H and O–H groups in total. The molecule has 1 aliphatic rings. The molecular weight excluding hydrogens is 224 g/mol. The first-order chi connectivity index (χ1) is 8.79. The molecule has 1 aliphatic carbocycles. The van der Waals surface area contributed by atoms with E-state index in [0.29, 0.717) is 6.61 Å². The van der Waals surface area contributed by atoms with Crippen molar-refractivity contribution < 1.29 is 4.74 Å². The molecule has 98 valence electrons. The third-order valence-corrected chi connectivity index (χ3v) is 3.34. The van der Waals surface area contributed by atoms with Crippen LogP contribution in [0.3, 0.4) is 0 Å². The Labute approximate surface area is 109 Å². The smallest absolute Gasteiger partial charge is 0.137 e. The van der Waals surface area contributed by atoms with E-state index in [1.54, 1.807) is 6.20 Å².